The molecule has 2 aromatic rings. The van der Waals surface area contributed by atoms with E-state index in [1.54, 1.807) is 41.3 Å². The van der Waals surface area contributed by atoms with Gasteiger partial charge in [-0.15, -0.1) is 0 Å². The monoisotopic (exact) mass is 535 g/mol. The molecule has 0 spiro atoms. The highest BCUT2D eigenvalue weighted by atomic mass is 19.4. The second-order valence-corrected chi connectivity index (χ2v) is 9.41. The number of hydrogen-bond donors (Lipinski definition) is 3. The van der Waals surface area contributed by atoms with E-state index in [-0.39, 0.29) is 23.6 Å². The molecule has 206 valence electrons. The largest absolute Gasteiger partial charge is 0.490 e. The molecule has 0 radical (unpaired) electrons. The fraction of sp³-hybridized carbons (Fsp3) is 0.407. The highest BCUT2D eigenvalue weighted by Crippen LogP contribution is 2.20. The van der Waals surface area contributed by atoms with Gasteiger partial charge in [0.15, 0.2) is 0 Å². The van der Waals surface area contributed by atoms with Gasteiger partial charge in [0, 0.05) is 42.4 Å². The van der Waals surface area contributed by atoms with Crippen molar-refractivity contribution in [2.75, 3.05) is 25.0 Å². The lowest BCUT2D eigenvalue weighted by Crippen LogP contribution is -2.43. The van der Waals surface area contributed by atoms with Crippen molar-refractivity contribution in [2.45, 2.75) is 39.8 Å². The lowest BCUT2D eigenvalue weighted by molar-refractivity contribution is -0.192. The van der Waals surface area contributed by atoms with Gasteiger partial charge in [-0.3, -0.25) is 14.4 Å². The van der Waals surface area contributed by atoms with E-state index in [2.05, 4.69) is 24.5 Å². The molecular weight excluding hydrogens is 503 g/mol. The van der Waals surface area contributed by atoms with Crippen LogP contribution in [0.1, 0.15) is 53.0 Å². The van der Waals surface area contributed by atoms with Gasteiger partial charge in [-0.2, -0.15) is 13.2 Å². The van der Waals surface area contributed by atoms with Crippen molar-refractivity contribution in [3.63, 3.8) is 0 Å². The molecule has 1 aliphatic rings. The summed E-state index contributed by atoms with van der Waals surface area (Å²) in [6.45, 7) is 7.95. The highest BCUT2D eigenvalue weighted by molar-refractivity contribution is 6.04. The molecule has 3 amide bonds. The summed E-state index contributed by atoms with van der Waals surface area (Å²) in [5.74, 6) is -2.49. The Kier molecular flexibility index (Phi) is 10.9. The first-order valence-corrected chi connectivity index (χ1v) is 12.1. The number of hydrogen-bond acceptors (Lipinski definition) is 4. The Hall–Kier alpha value is -3.89. The van der Waals surface area contributed by atoms with Gasteiger partial charge < -0.3 is 20.6 Å². The standard InChI is InChI=1S/C25H31N3O3.C2HF3O2/c1-17(2)16-26-23(29)20-12-14-28(15-13-20)25(31)21-8-10-22(11-9-21)27-24(30)19-6-4-18(3)5-7-19;3-2(4,5)1(6)7/h4-11,17,20H,12-16H2,1-3H3,(H,26,29)(H,27,30);(H,6,7). The third-order valence-corrected chi connectivity index (χ3v) is 5.78. The topological polar surface area (TPSA) is 116 Å². The van der Waals surface area contributed by atoms with E-state index in [0.29, 0.717) is 55.2 Å². The Labute approximate surface area is 219 Å². The number of alkyl halides is 3. The maximum atomic E-state index is 12.8. The number of rotatable bonds is 6. The predicted octanol–water partition coefficient (Wildman–Crippen LogP) is 4.51. The molecule has 2 aromatic carbocycles. The number of anilines is 1. The summed E-state index contributed by atoms with van der Waals surface area (Å²) in [6.07, 6.45) is -3.72. The number of aryl methyl sites for hydroxylation is 1. The van der Waals surface area contributed by atoms with Crippen molar-refractivity contribution in [1.82, 2.24) is 10.2 Å². The molecule has 3 rings (SSSR count). The van der Waals surface area contributed by atoms with Gasteiger partial charge >= 0.3 is 12.1 Å². The minimum Gasteiger partial charge on any atom is -0.475 e. The van der Waals surface area contributed by atoms with Gasteiger partial charge in [0.05, 0.1) is 0 Å². The van der Waals surface area contributed by atoms with Crippen molar-refractivity contribution in [1.29, 1.82) is 0 Å². The van der Waals surface area contributed by atoms with Crippen LogP contribution in [-0.4, -0.2) is 59.5 Å². The Morgan fingerprint density at radius 1 is 0.947 bits per heavy atom. The number of nitrogens with one attached hydrogen (secondary N) is 2. The molecule has 38 heavy (non-hydrogen) atoms. The van der Waals surface area contributed by atoms with Gasteiger partial charge in [0.1, 0.15) is 0 Å². The van der Waals surface area contributed by atoms with Crippen LogP contribution < -0.4 is 10.6 Å². The number of carbonyl (C=O) groups is 4. The minimum absolute atomic E-state index is 0.0258. The molecule has 1 heterocycles. The molecule has 0 saturated carbocycles. The molecule has 1 saturated heterocycles. The van der Waals surface area contributed by atoms with E-state index >= 15 is 0 Å². The number of benzene rings is 2. The van der Waals surface area contributed by atoms with Crippen molar-refractivity contribution in [3.8, 4) is 0 Å². The van der Waals surface area contributed by atoms with Gasteiger partial charge in [-0.1, -0.05) is 31.5 Å². The summed E-state index contributed by atoms with van der Waals surface area (Å²) < 4.78 is 31.7. The van der Waals surface area contributed by atoms with Gasteiger partial charge in [-0.25, -0.2) is 4.79 Å². The molecule has 0 aromatic heterocycles. The average molecular weight is 536 g/mol. The lowest BCUT2D eigenvalue weighted by atomic mass is 9.95. The van der Waals surface area contributed by atoms with Crippen LogP contribution >= 0.6 is 0 Å². The second-order valence-electron chi connectivity index (χ2n) is 9.41. The van der Waals surface area contributed by atoms with Crippen LogP contribution in [-0.2, 0) is 9.59 Å². The number of carbonyl (C=O) groups excluding carboxylic acids is 3. The summed E-state index contributed by atoms with van der Waals surface area (Å²) >= 11 is 0. The number of carboxylic acid groups (broad SMARTS) is 1. The average Bonchev–Trinajstić information content (AvgIpc) is 2.87. The van der Waals surface area contributed by atoms with E-state index in [9.17, 15) is 27.6 Å². The van der Waals surface area contributed by atoms with Crippen LogP contribution in [0.2, 0.25) is 0 Å². The Balaban J connectivity index is 0.000000638. The number of piperidine rings is 1. The SMILES string of the molecule is Cc1ccc(C(=O)Nc2ccc(C(=O)N3CCC(C(=O)NCC(C)C)CC3)cc2)cc1.O=C(O)C(F)(F)F. The van der Waals surface area contributed by atoms with Crippen molar-refractivity contribution in [3.05, 3.63) is 65.2 Å². The Morgan fingerprint density at radius 3 is 1.92 bits per heavy atom. The zero-order valence-electron chi connectivity index (χ0n) is 21.5. The Morgan fingerprint density at radius 2 is 1.45 bits per heavy atom. The molecule has 3 N–H and O–H groups in total. The van der Waals surface area contributed by atoms with E-state index in [1.807, 2.05) is 19.1 Å². The predicted molar refractivity (Wildman–Crippen MR) is 136 cm³/mol. The minimum atomic E-state index is -5.08. The third kappa shape index (κ3) is 9.53. The maximum absolute atomic E-state index is 12.8. The van der Waals surface area contributed by atoms with Crippen LogP contribution in [0.5, 0.6) is 0 Å². The van der Waals surface area contributed by atoms with Crippen LogP contribution in [0, 0.1) is 18.8 Å². The van der Waals surface area contributed by atoms with Crippen LogP contribution in [0.3, 0.4) is 0 Å². The van der Waals surface area contributed by atoms with E-state index in [0.717, 1.165) is 5.56 Å². The zero-order valence-corrected chi connectivity index (χ0v) is 21.5. The normalized spacial score (nSPS) is 13.8. The highest BCUT2D eigenvalue weighted by Gasteiger charge is 2.38. The number of likely N-dealkylation sites (tertiary alicyclic amines) is 1. The van der Waals surface area contributed by atoms with Gasteiger partial charge in [0.25, 0.3) is 11.8 Å². The fourth-order valence-electron chi connectivity index (χ4n) is 3.58. The first-order chi connectivity index (χ1) is 17.8. The number of amides is 3. The molecule has 1 fully saturated rings. The summed E-state index contributed by atoms with van der Waals surface area (Å²) in [5, 5.41) is 13.0. The van der Waals surface area contributed by atoms with Gasteiger partial charge in [-0.05, 0) is 62.1 Å². The second kappa shape index (κ2) is 13.6. The Bertz CT molecular complexity index is 1110. The first kappa shape index (κ1) is 30.3. The summed E-state index contributed by atoms with van der Waals surface area (Å²) in [7, 11) is 0. The fourth-order valence-corrected chi connectivity index (χ4v) is 3.58. The quantitative estimate of drug-likeness (QED) is 0.504. The number of aliphatic carboxylic acids is 1. The first-order valence-electron chi connectivity index (χ1n) is 12.1. The molecule has 0 unspecified atom stereocenters. The van der Waals surface area contributed by atoms with Crippen LogP contribution in [0.15, 0.2) is 48.5 Å². The maximum Gasteiger partial charge on any atom is 0.490 e. The zero-order chi connectivity index (χ0) is 28.5. The summed E-state index contributed by atoms with van der Waals surface area (Å²) in [6, 6.07) is 14.3. The van der Waals surface area contributed by atoms with Gasteiger partial charge in [0.2, 0.25) is 5.91 Å². The van der Waals surface area contributed by atoms with Crippen LogP contribution in [0.25, 0.3) is 0 Å². The molecule has 11 heteroatoms. The molecule has 8 nitrogen and oxygen atoms in total. The molecule has 0 aliphatic carbocycles. The summed E-state index contributed by atoms with van der Waals surface area (Å²) in [5.41, 5.74) is 2.91. The third-order valence-electron chi connectivity index (χ3n) is 5.78. The molecule has 1 aliphatic heterocycles. The van der Waals surface area contributed by atoms with E-state index in [1.165, 1.54) is 0 Å². The van der Waals surface area contributed by atoms with Crippen molar-refractivity contribution in [2.24, 2.45) is 11.8 Å². The summed E-state index contributed by atoms with van der Waals surface area (Å²) in [4.78, 5) is 48.1. The number of halogens is 3. The van der Waals surface area contributed by atoms with Crippen molar-refractivity contribution < 1.29 is 37.5 Å². The van der Waals surface area contributed by atoms with E-state index < -0.39 is 12.1 Å². The van der Waals surface area contributed by atoms with Crippen LogP contribution in [0.4, 0.5) is 18.9 Å². The molecular formula is C27H32F3N3O5. The smallest absolute Gasteiger partial charge is 0.475 e. The number of carboxylic acids is 1. The van der Waals surface area contributed by atoms with Crippen molar-refractivity contribution >= 4 is 29.4 Å². The number of nitrogens with zero attached hydrogens (tertiary/aromatic N) is 1. The molecule has 0 atom stereocenters. The lowest BCUT2D eigenvalue weighted by Gasteiger charge is -2.31. The molecule has 0 bridgehead atoms. The van der Waals surface area contributed by atoms with E-state index in [4.69, 9.17) is 9.90 Å².